The highest BCUT2D eigenvalue weighted by Crippen LogP contribution is 2.25. The molecule has 1 atom stereocenters. The van der Waals surface area contributed by atoms with Crippen molar-refractivity contribution in [2.45, 2.75) is 25.8 Å². The summed E-state index contributed by atoms with van der Waals surface area (Å²) in [7, 11) is 1.66. The van der Waals surface area contributed by atoms with Gasteiger partial charge >= 0.3 is 0 Å². The summed E-state index contributed by atoms with van der Waals surface area (Å²) in [6.07, 6.45) is 1.22. The van der Waals surface area contributed by atoms with E-state index in [1.807, 2.05) is 30.3 Å². The molecule has 19 heavy (non-hydrogen) atoms. The number of hydrogen-bond acceptors (Lipinski definition) is 3. The maximum absolute atomic E-state index is 11.0. The second kappa shape index (κ2) is 5.85. The van der Waals surface area contributed by atoms with Gasteiger partial charge in [-0.05, 0) is 47.9 Å². The molecule has 0 spiro atoms. The first-order valence-corrected chi connectivity index (χ1v) is 6.43. The zero-order chi connectivity index (χ0) is 13.8. The van der Waals surface area contributed by atoms with Gasteiger partial charge in [0.1, 0.15) is 11.5 Å². The number of carbonyl (C=O) groups is 1. The number of carbonyl (C=O) groups excluding carboxylic acids is 1. The molecule has 2 N–H and O–H groups in total. The monoisotopic (exact) mass is 257 g/mol. The van der Waals surface area contributed by atoms with Crippen LogP contribution in [0.25, 0.3) is 10.8 Å². The number of benzene rings is 2. The Hall–Kier alpha value is -1.87. The van der Waals surface area contributed by atoms with Gasteiger partial charge in [-0.2, -0.15) is 0 Å². The Labute approximate surface area is 113 Å². The molecule has 0 aliphatic carbocycles. The molecule has 2 aromatic carbocycles. The lowest BCUT2D eigenvalue weighted by atomic mass is 9.98. The number of hydrogen-bond donors (Lipinski definition) is 1. The molecule has 3 heteroatoms. The molecule has 1 unspecified atom stereocenters. The van der Waals surface area contributed by atoms with Gasteiger partial charge in [0, 0.05) is 12.5 Å². The minimum absolute atomic E-state index is 0.0876. The number of fused-ring (bicyclic) bond motifs is 1. The molecule has 100 valence electrons. The maximum Gasteiger partial charge on any atom is 0.129 e. The Morgan fingerprint density at radius 1 is 1.21 bits per heavy atom. The van der Waals surface area contributed by atoms with E-state index >= 15 is 0 Å². The van der Waals surface area contributed by atoms with Gasteiger partial charge in [0.2, 0.25) is 0 Å². The van der Waals surface area contributed by atoms with Crippen LogP contribution >= 0.6 is 0 Å². The first-order chi connectivity index (χ1) is 9.10. The Morgan fingerprint density at radius 2 is 1.89 bits per heavy atom. The molecule has 0 fully saturated rings. The lowest BCUT2D eigenvalue weighted by Crippen LogP contribution is -2.11. The van der Waals surface area contributed by atoms with Crippen LogP contribution in [0, 0.1) is 0 Å². The fourth-order valence-electron chi connectivity index (χ4n) is 2.13. The van der Waals surface area contributed by atoms with E-state index in [0.29, 0.717) is 12.8 Å². The molecule has 0 bridgehead atoms. The zero-order valence-electron chi connectivity index (χ0n) is 11.3. The fourth-order valence-corrected chi connectivity index (χ4v) is 2.13. The van der Waals surface area contributed by atoms with Crippen LogP contribution in [0.2, 0.25) is 0 Å². The minimum atomic E-state index is -0.0876. The second-order valence-corrected chi connectivity index (χ2v) is 4.82. The molecule has 0 aliphatic heterocycles. The fraction of sp³-hybridized carbons (Fsp3) is 0.312. The van der Waals surface area contributed by atoms with Crippen molar-refractivity contribution in [3.8, 4) is 5.75 Å². The van der Waals surface area contributed by atoms with Crippen LogP contribution in [0.15, 0.2) is 36.4 Å². The molecule has 0 aromatic heterocycles. The van der Waals surface area contributed by atoms with Gasteiger partial charge in [0.05, 0.1) is 7.11 Å². The normalized spacial score (nSPS) is 12.4. The molecular weight excluding hydrogens is 238 g/mol. The molecule has 0 radical (unpaired) electrons. The van der Waals surface area contributed by atoms with E-state index in [0.717, 1.165) is 22.1 Å². The van der Waals surface area contributed by atoms with Crippen molar-refractivity contribution < 1.29 is 9.53 Å². The van der Waals surface area contributed by atoms with E-state index in [1.54, 1.807) is 14.0 Å². The molecule has 2 aromatic rings. The van der Waals surface area contributed by atoms with E-state index in [2.05, 4.69) is 6.07 Å². The third-order valence-corrected chi connectivity index (χ3v) is 3.31. The smallest absolute Gasteiger partial charge is 0.129 e. The predicted octanol–water partition coefficient (Wildman–Crippen LogP) is 3.22. The summed E-state index contributed by atoms with van der Waals surface area (Å²) < 4.78 is 5.20. The second-order valence-electron chi connectivity index (χ2n) is 4.82. The zero-order valence-corrected chi connectivity index (χ0v) is 11.3. The average molecular weight is 257 g/mol. The van der Waals surface area contributed by atoms with Gasteiger partial charge < -0.3 is 15.3 Å². The van der Waals surface area contributed by atoms with Gasteiger partial charge in [0.15, 0.2) is 0 Å². The van der Waals surface area contributed by atoms with Crippen molar-refractivity contribution in [3.63, 3.8) is 0 Å². The molecule has 0 heterocycles. The Kier molecular flexibility index (Phi) is 4.17. The summed E-state index contributed by atoms with van der Waals surface area (Å²) in [5, 5.41) is 2.26. The SMILES string of the molecule is COc1ccc2cc(C(N)CCC(C)=O)ccc2c1. The summed E-state index contributed by atoms with van der Waals surface area (Å²) in [4.78, 5) is 11.0. The lowest BCUT2D eigenvalue weighted by Gasteiger charge is -2.12. The molecule has 2 rings (SSSR count). The van der Waals surface area contributed by atoms with Gasteiger partial charge in [-0.15, -0.1) is 0 Å². The number of ether oxygens (including phenoxy) is 1. The largest absolute Gasteiger partial charge is 0.497 e. The highest BCUT2D eigenvalue weighted by molar-refractivity contribution is 5.84. The Balaban J connectivity index is 2.23. The van der Waals surface area contributed by atoms with E-state index in [1.165, 1.54) is 0 Å². The van der Waals surface area contributed by atoms with Crippen LogP contribution in [-0.4, -0.2) is 12.9 Å². The number of methoxy groups -OCH3 is 1. The van der Waals surface area contributed by atoms with E-state index < -0.39 is 0 Å². The summed E-state index contributed by atoms with van der Waals surface area (Å²) in [6.45, 7) is 1.60. The van der Waals surface area contributed by atoms with Gasteiger partial charge in [-0.1, -0.05) is 18.2 Å². The standard InChI is InChI=1S/C16H19NO2/c1-11(18)3-8-16(17)14-5-4-13-10-15(19-2)7-6-12(13)9-14/h4-7,9-10,16H,3,8,17H2,1-2H3. The van der Waals surface area contributed by atoms with Crippen molar-refractivity contribution >= 4 is 16.6 Å². The Morgan fingerprint density at radius 3 is 2.58 bits per heavy atom. The van der Waals surface area contributed by atoms with Crippen LogP contribution < -0.4 is 10.5 Å². The highest BCUT2D eigenvalue weighted by atomic mass is 16.5. The molecule has 0 aliphatic rings. The van der Waals surface area contributed by atoms with Crippen molar-refractivity contribution in [1.82, 2.24) is 0 Å². The number of nitrogens with two attached hydrogens (primary N) is 1. The summed E-state index contributed by atoms with van der Waals surface area (Å²) in [5.74, 6) is 1.03. The van der Waals surface area contributed by atoms with Crippen molar-refractivity contribution in [2.24, 2.45) is 5.73 Å². The first-order valence-electron chi connectivity index (χ1n) is 6.43. The van der Waals surface area contributed by atoms with E-state index in [4.69, 9.17) is 10.5 Å². The predicted molar refractivity (Wildman–Crippen MR) is 77.3 cm³/mol. The molecule has 3 nitrogen and oxygen atoms in total. The van der Waals surface area contributed by atoms with Gasteiger partial charge in [-0.25, -0.2) is 0 Å². The van der Waals surface area contributed by atoms with Crippen LogP contribution in [0.4, 0.5) is 0 Å². The number of Topliss-reactive ketones (excluding diaryl/α,β-unsaturated/α-hetero) is 1. The quantitative estimate of drug-likeness (QED) is 0.894. The molecular formula is C16H19NO2. The maximum atomic E-state index is 11.0. The highest BCUT2D eigenvalue weighted by Gasteiger charge is 2.08. The molecule has 0 saturated carbocycles. The van der Waals surface area contributed by atoms with Crippen molar-refractivity contribution in [1.29, 1.82) is 0 Å². The van der Waals surface area contributed by atoms with Crippen molar-refractivity contribution in [2.75, 3.05) is 7.11 Å². The first kappa shape index (κ1) is 13.6. The lowest BCUT2D eigenvalue weighted by molar-refractivity contribution is -0.117. The summed E-state index contributed by atoms with van der Waals surface area (Å²) in [5.41, 5.74) is 7.18. The summed E-state index contributed by atoms with van der Waals surface area (Å²) >= 11 is 0. The number of ketones is 1. The van der Waals surface area contributed by atoms with Gasteiger partial charge in [-0.3, -0.25) is 0 Å². The topological polar surface area (TPSA) is 52.3 Å². The van der Waals surface area contributed by atoms with Crippen LogP contribution in [-0.2, 0) is 4.79 Å². The van der Waals surface area contributed by atoms with E-state index in [-0.39, 0.29) is 11.8 Å². The minimum Gasteiger partial charge on any atom is -0.497 e. The van der Waals surface area contributed by atoms with Crippen LogP contribution in [0.3, 0.4) is 0 Å². The molecule has 0 amide bonds. The van der Waals surface area contributed by atoms with E-state index in [9.17, 15) is 4.79 Å². The molecule has 0 saturated heterocycles. The number of rotatable bonds is 5. The third kappa shape index (κ3) is 3.32. The third-order valence-electron chi connectivity index (χ3n) is 3.31. The van der Waals surface area contributed by atoms with Crippen LogP contribution in [0.1, 0.15) is 31.4 Å². The average Bonchev–Trinajstić information content (AvgIpc) is 2.43. The van der Waals surface area contributed by atoms with Crippen molar-refractivity contribution in [3.05, 3.63) is 42.0 Å². The van der Waals surface area contributed by atoms with Crippen LogP contribution in [0.5, 0.6) is 5.75 Å². The Bertz CT molecular complexity index is 592. The summed E-state index contributed by atoms with van der Waals surface area (Å²) in [6, 6.07) is 12.0. The van der Waals surface area contributed by atoms with Gasteiger partial charge in [0.25, 0.3) is 0 Å².